The van der Waals surface area contributed by atoms with Gasteiger partial charge >= 0.3 is 0 Å². The number of hydrogen-bond donors (Lipinski definition) is 0. The van der Waals surface area contributed by atoms with E-state index in [1.54, 1.807) is 6.07 Å². The van der Waals surface area contributed by atoms with Crippen molar-refractivity contribution in [1.82, 2.24) is 4.98 Å². The van der Waals surface area contributed by atoms with Gasteiger partial charge in [0.15, 0.2) is 11.5 Å². The second kappa shape index (κ2) is 3.06. The highest BCUT2D eigenvalue weighted by Crippen LogP contribution is 2.23. The molecule has 0 spiro atoms. The van der Waals surface area contributed by atoms with Gasteiger partial charge in [-0.25, -0.2) is 0 Å². The van der Waals surface area contributed by atoms with Gasteiger partial charge in [0.25, 0.3) is 0 Å². The van der Waals surface area contributed by atoms with E-state index in [0.29, 0.717) is 11.5 Å². The molecule has 0 radical (unpaired) electrons. The summed E-state index contributed by atoms with van der Waals surface area (Å²) >= 11 is 0. The van der Waals surface area contributed by atoms with Gasteiger partial charge in [-0.15, -0.1) is 0 Å². The lowest BCUT2D eigenvalue weighted by Gasteiger charge is -2.03. The van der Waals surface area contributed by atoms with Crippen molar-refractivity contribution in [3.8, 4) is 11.5 Å². The van der Waals surface area contributed by atoms with E-state index < -0.39 is 0 Å². The van der Waals surface area contributed by atoms with Crippen LogP contribution in [0.1, 0.15) is 1.37 Å². The molecule has 0 unspecified atom stereocenters. The van der Waals surface area contributed by atoms with Crippen LogP contribution < -0.4 is 9.47 Å². The molecule has 0 N–H and O–H groups in total. The number of methoxy groups -OCH3 is 2. The molecule has 0 fully saturated rings. The minimum absolute atomic E-state index is 0.0897. The molecule has 0 saturated carbocycles. The Morgan fingerprint density at radius 1 is 1.40 bits per heavy atom. The van der Waals surface area contributed by atoms with Gasteiger partial charge in [0.05, 0.1) is 21.8 Å². The Hall–Kier alpha value is -1.25. The highest BCUT2D eigenvalue weighted by Gasteiger charge is 1.98. The molecular weight excluding hydrogens is 130 g/mol. The molecule has 1 heterocycles. The van der Waals surface area contributed by atoms with E-state index in [1.165, 1.54) is 20.4 Å². The van der Waals surface area contributed by atoms with E-state index in [2.05, 4.69) is 4.98 Å². The maximum atomic E-state index is 7.30. The summed E-state index contributed by atoms with van der Waals surface area (Å²) in [6, 6.07) is 1.65. The fourth-order valence-electron chi connectivity index (χ4n) is 0.639. The van der Waals surface area contributed by atoms with Gasteiger partial charge < -0.3 is 9.47 Å². The van der Waals surface area contributed by atoms with Crippen LogP contribution in [-0.2, 0) is 0 Å². The van der Waals surface area contributed by atoms with Gasteiger partial charge in [0.2, 0.25) is 0 Å². The van der Waals surface area contributed by atoms with E-state index in [1.807, 2.05) is 0 Å². The smallest absolute Gasteiger partial charge is 0.179 e. The predicted molar refractivity (Wildman–Crippen MR) is 37.3 cm³/mol. The molecule has 0 aliphatic rings. The number of pyridine rings is 1. The van der Waals surface area contributed by atoms with Crippen molar-refractivity contribution in [1.29, 1.82) is 0 Å². The lowest BCUT2D eigenvalue weighted by atomic mass is 10.4. The monoisotopic (exact) mass is 140 g/mol. The zero-order valence-corrected chi connectivity index (χ0v) is 5.92. The van der Waals surface area contributed by atoms with Crippen molar-refractivity contribution >= 4 is 0 Å². The molecule has 0 aliphatic carbocycles. The molecule has 1 aromatic heterocycles. The fraction of sp³-hybridized carbons (Fsp3) is 0.286. The summed E-state index contributed by atoms with van der Waals surface area (Å²) in [4.78, 5) is 3.72. The standard InChI is InChI=1S/C7H9NO2/c1-9-6-3-4-8-5-7(6)10-2/h3-5H,1-2H3/i5D. The van der Waals surface area contributed by atoms with Crippen LogP contribution in [0.3, 0.4) is 0 Å². The molecule has 54 valence electrons. The molecule has 0 amide bonds. The van der Waals surface area contributed by atoms with Gasteiger partial charge in [0, 0.05) is 12.3 Å². The largest absolute Gasteiger partial charge is 0.493 e. The Morgan fingerprint density at radius 3 is 2.60 bits per heavy atom. The fourth-order valence-corrected chi connectivity index (χ4v) is 0.639. The minimum atomic E-state index is 0.0897. The van der Waals surface area contributed by atoms with E-state index in [-0.39, 0.29) is 6.17 Å². The minimum Gasteiger partial charge on any atom is -0.493 e. The van der Waals surface area contributed by atoms with E-state index in [4.69, 9.17) is 10.8 Å². The maximum Gasteiger partial charge on any atom is 0.179 e. The zero-order valence-electron chi connectivity index (χ0n) is 6.92. The van der Waals surface area contributed by atoms with Crippen molar-refractivity contribution in [3.05, 3.63) is 18.4 Å². The highest BCUT2D eigenvalue weighted by molar-refractivity contribution is 5.35. The van der Waals surface area contributed by atoms with Crippen molar-refractivity contribution in [3.63, 3.8) is 0 Å². The van der Waals surface area contributed by atoms with Gasteiger partial charge in [-0.1, -0.05) is 0 Å². The molecule has 1 rings (SSSR count). The lowest BCUT2D eigenvalue weighted by Crippen LogP contribution is -1.89. The number of aromatic nitrogens is 1. The molecule has 0 bridgehead atoms. The Labute approximate surface area is 61.0 Å². The van der Waals surface area contributed by atoms with Gasteiger partial charge in [0.1, 0.15) is 0 Å². The summed E-state index contributed by atoms with van der Waals surface area (Å²) in [6.07, 6.45) is 1.59. The Kier molecular flexibility index (Phi) is 1.69. The summed E-state index contributed by atoms with van der Waals surface area (Å²) in [5.74, 6) is 0.905. The van der Waals surface area contributed by atoms with Crippen molar-refractivity contribution < 1.29 is 10.8 Å². The Balaban J connectivity index is 3.13. The summed E-state index contributed by atoms with van der Waals surface area (Å²) in [6.45, 7) is 0. The molecule has 10 heavy (non-hydrogen) atoms. The van der Waals surface area contributed by atoms with Crippen LogP contribution in [0.5, 0.6) is 11.5 Å². The lowest BCUT2D eigenvalue weighted by molar-refractivity contribution is 0.353. The van der Waals surface area contributed by atoms with Crippen molar-refractivity contribution in [2.45, 2.75) is 0 Å². The first kappa shape index (κ1) is 5.53. The number of rotatable bonds is 2. The van der Waals surface area contributed by atoms with Crippen molar-refractivity contribution in [2.24, 2.45) is 0 Å². The maximum absolute atomic E-state index is 7.30. The molecule has 3 heteroatoms. The first-order chi connectivity index (χ1) is 5.29. The highest BCUT2D eigenvalue weighted by atomic mass is 16.5. The average molecular weight is 140 g/mol. The van der Waals surface area contributed by atoms with Gasteiger partial charge in [-0.3, -0.25) is 4.98 Å². The summed E-state index contributed by atoms with van der Waals surface area (Å²) < 4.78 is 17.1. The molecular formula is C7H9NO2. The molecule has 0 aliphatic heterocycles. The molecule has 0 aromatic carbocycles. The molecule has 1 aromatic rings. The third kappa shape index (κ3) is 1.18. The molecule has 0 saturated heterocycles. The summed E-state index contributed by atoms with van der Waals surface area (Å²) in [7, 11) is 3.01. The van der Waals surface area contributed by atoms with E-state index in [9.17, 15) is 0 Å². The summed E-state index contributed by atoms with van der Waals surface area (Å²) in [5.41, 5.74) is 0. The molecule has 3 nitrogen and oxygen atoms in total. The van der Waals surface area contributed by atoms with Crippen LogP contribution in [0.4, 0.5) is 0 Å². The van der Waals surface area contributed by atoms with Crippen LogP contribution in [0, 0.1) is 0 Å². The molecule has 0 atom stereocenters. The van der Waals surface area contributed by atoms with E-state index in [0.717, 1.165) is 0 Å². The number of nitrogens with zero attached hydrogens (tertiary/aromatic N) is 1. The van der Waals surface area contributed by atoms with E-state index >= 15 is 0 Å². The van der Waals surface area contributed by atoms with Crippen LogP contribution >= 0.6 is 0 Å². The number of ether oxygens (including phenoxy) is 2. The zero-order chi connectivity index (χ0) is 8.27. The van der Waals surface area contributed by atoms with Gasteiger partial charge in [-0.05, 0) is 0 Å². The summed E-state index contributed by atoms with van der Waals surface area (Å²) in [5, 5.41) is 0. The Bertz CT molecular complexity index is 252. The average Bonchev–Trinajstić information content (AvgIpc) is 2.04. The van der Waals surface area contributed by atoms with Crippen LogP contribution in [0.15, 0.2) is 18.4 Å². The van der Waals surface area contributed by atoms with Crippen LogP contribution in [0.2, 0.25) is 0 Å². The number of hydrogen-bond acceptors (Lipinski definition) is 3. The van der Waals surface area contributed by atoms with Gasteiger partial charge in [-0.2, -0.15) is 0 Å². The SMILES string of the molecule is [2H]c1nccc(OC)c1OC. The predicted octanol–water partition coefficient (Wildman–Crippen LogP) is 1.10. The second-order valence-corrected chi connectivity index (χ2v) is 1.66. The third-order valence-corrected chi connectivity index (χ3v) is 1.11. The second-order valence-electron chi connectivity index (χ2n) is 1.66. The first-order valence-corrected chi connectivity index (χ1v) is 2.83. The third-order valence-electron chi connectivity index (χ3n) is 1.11. The van der Waals surface area contributed by atoms with Crippen LogP contribution in [-0.4, -0.2) is 19.2 Å². The van der Waals surface area contributed by atoms with Crippen molar-refractivity contribution in [2.75, 3.05) is 14.2 Å². The normalized spacial score (nSPS) is 10.4. The Morgan fingerprint density at radius 2 is 2.10 bits per heavy atom. The topological polar surface area (TPSA) is 31.4 Å². The van der Waals surface area contributed by atoms with Crippen LogP contribution in [0.25, 0.3) is 0 Å². The quantitative estimate of drug-likeness (QED) is 0.616. The first-order valence-electron chi connectivity index (χ1n) is 3.33.